The number of nitrogens with zero attached hydrogens (tertiary/aromatic N) is 2. The van der Waals surface area contributed by atoms with Crippen LogP contribution in [0.4, 0.5) is 5.69 Å². The molecule has 2 aromatic rings. The van der Waals surface area contributed by atoms with Gasteiger partial charge in [0.05, 0.1) is 18.5 Å². The van der Waals surface area contributed by atoms with Gasteiger partial charge in [0.1, 0.15) is 5.75 Å². The zero-order valence-corrected chi connectivity index (χ0v) is 13.0. The lowest BCUT2D eigenvalue weighted by Gasteiger charge is -2.26. The second kappa shape index (κ2) is 5.80. The highest BCUT2D eigenvalue weighted by Crippen LogP contribution is 2.27. The van der Waals surface area contributed by atoms with E-state index in [1.165, 1.54) is 16.8 Å². The fourth-order valence-corrected chi connectivity index (χ4v) is 3.12. The van der Waals surface area contributed by atoms with E-state index in [2.05, 4.69) is 41.7 Å². The molecule has 3 rings (SSSR count). The third-order valence-electron chi connectivity index (χ3n) is 4.24. The molecule has 1 atom stereocenters. The Hall–Kier alpha value is -1.97. The molecule has 1 unspecified atom stereocenters. The van der Waals surface area contributed by atoms with E-state index >= 15 is 0 Å². The van der Waals surface area contributed by atoms with E-state index in [0.29, 0.717) is 6.04 Å². The highest BCUT2D eigenvalue weighted by atomic mass is 16.5. The highest BCUT2D eigenvalue weighted by Gasteiger charge is 2.20. The van der Waals surface area contributed by atoms with Crippen LogP contribution in [0.25, 0.3) is 0 Å². The molecule has 0 radical (unpaired) electrons. The lowest BCUT2D eigenvalue weighted by atomic mass is 9.88. The van der Waals surface area contributed by atoms with Crippen molar-refractivity contribution in [1.29, 1.82) is 0 Å². The van der Waals surface area contributed by atoms with Crippen LogP contribution in [0.1, 0.15) is 30.2 Å². The Morgan fingerprint density at radius 1 is 1.38 bits per heavy atom. The van der Waals surface area contributed by atoms with Crippen LogP contribution in [0.5, 0.6) is 5.75 Å². The summed E-state index contributed by atoms with van der Waals surface area (Å²) in [5, 5.41) is 8.18. The molecule has 0 fully saturated rings. The van der Waals surface area contributed by atoms with Crippen molar-refractivity contribution >= 4 is 5.69 Å². The fourth-order valence-electron chi connectivity index (χ4n) is 3.12. The Bertz CT molecular complexity index is 633. The zero-order chi connectivity index (χ0) is 14.8. The number of methoxy groups -OCH3 is 1. The summed E-state index contributed by atoms with van der Waals surface area (Å²) >= 11 is 0. The molecular weight excluding hydrogens is 262 g/mol. The average molecular weight is 285 g/mol. The second-order valence-corrected chi connectivity index (χ2v) is 5.74. The minimum atomic E-state index is 0.471. The lowest BCUT2D eigenvalue weighted by molar-refractivity contribution is 0.413. The maximum atomic E-state index is 5.34. The van der Waals surface area contributed by atoms with E-state index in [1.807, 2.05) is 11.7 Å². The number of ether oxygens (including phenoxy) is 1. The second-order valence-electron chi connectivity index (χ2n) is 5.74. The summed E-state index contributed by atoms with van der Waals surface area (Å²) in [5.41, 5.74) is 5.18. The first-order valence-electron chi connectivity index (χ1n) is 7.64. The fraction of sp³-hybridized carbons (Fsp3) is 0.471. The van der Waals surface area contributed by atoms with Gasteiger partial charge in [0.15, 0.2) is 0 Å². The maximum absolute atomic E-state index is 5.34. The van der Waals surface area contributed by atoms with Crippen LogP contribution in [0, 0.1) is 0 Å². The molecule has 0 aliphatic heterocycles. The average Bonchev–Trinajstić information content (AvgIpc) is 2.86. The van der Waals surface area contributed by atoms with Crippen LogP contribution < -0.4 is 10.1 Å². The number of fused-ring (bicyclic) bond motifs is 1. The molecule has 21 heavy (non-hydrogen) atoms. The van der Waals surface area contributed by atoms with Crippen LogP contribution in [0.15, 0.2) is 24.4 Å². The van der Waals surface area contributed by atoms with Crippen molar-refractivity contribution in [2.45, 2.75) is 38.6 Å². The summed E-state index contributed by atoms with van der Waals surface area (Å²) in [6.45, 7) is 2.15. The Morgan fingerprint density at radius 3 is 3.00 bits per heavy atom. The van der Waals surface area contributed by atoms with Gasteiger partial charge < -0.3 is 10.1 Å². The van der Waals surface area contributed by atoms with Gasteiger partial charge in [-0.05, 0) is 48.9 Å². The molecule has 0 saturated heterocycles. The summed E-state index contributed by atoms with van der Waals surface area (Å²) in [7, 11) is 3.70. The van der Waals surface area contributed by atoms with Crippen molar-refractivity contribution in [3.05, 3.63) is 41.2 Å². The SMILES string of the molecule is CCc1nn(C)cc1NC1CCc2ccc(OC)cc2C1. The molecule has 1 heterocycles. The third kappa shape index (κ3) is 2.89. The molecule has 1 aliphatic carbocycles. The highest BCUT2D eigenvalue weighted by molar-refractivity contribution is 5.48. The molecule has 1 aromatic heterocycles. The van der Waals surface area contributed by atoms with Crippen LogP contribution in [0.3, 0.4) is 0 Å². The minimum Gasteiger partial charge on any atom is -0.497 e. The molecule has 0 spiro atoms. The standard InChI is InChI=1S/C17H23N3O/c1-4-16-17(11-20(2)19-16)18-14-7-5-12-6-8-15(21-3)10-13(12)9-14/h6,8,10-11,14,18H,4-5,7,9H2,1-3H3. The van der Waals surface area contributed by atoms with Gasteiger partial charge in [-0.2, -0.15) is 5.10 Å². The molecule has 112 valence electrons. The van der Waals surface area contributed by atoms with E-state index < -0.39 is 0 Å². The van der Waals surface area contributed by atoms with Gasteiger partial charge in [0, 0.05) is 19.3 Å². The molecule has 0 amide bonds. The van der Waals surface area contributed by atoms with E-state index in [1.54, 1.807) is 7.11 Å². The number of nitrogens with one attached hydrogen (secondary N) is 1. The Kier molecular flexibility index (Phi) is 3.86. The van der Waals surface area contributed by atoms with Crippen molar-refractivity contribution in [2.75, 3.05) is 12.4 Å². The van der Waals surface area contributed by atoms with Gasteiger partial charge in [-0.25, -0.2) is 0 Å². The van der Waals surface area contributed by atoms with Crippen LogP contribution >= 0.6 is 0 Å². The number of hydrogen-bond acceptors (Lipinski definition) is 3. The summed E-state index contributed by atoms with van der Waals surface area (Å²) in [5.74, 6) is 0.949. The zero-order valence-electron chi connectivity index (χ0n) is 13.0. The minimum absolute atomic E-state index is 0.471. The van der Waals surface area contributed by atoms with Gasteiger partial charge in [-0.3, -0.25) is 4.68 Å². The number of aryl methyl sites for hydroxylation is 3. The normalized spacial score (nSPS) is 17.4. The molecule has 1 aliphatic rings. The van der Waals surface area contributed by atoms with Gasteiger partial charge in [-0.15, -0.1) is 0 Å². The number of rotatable bonds is 4. The van der Waals surface area contributed by atoms with Gasteiger partial charge in [0.25, 0.3) is 0 Å². The van der Waals surface area contributed by atoms with Gasteiger partial charge in [0.2, 0.25) is 0 Å². The lowest BCUT2D eigenvalue weighted by Crippen LogP contribution is -2.27. The van der Waals surface area contributed by atoms with E-state index in [9.17, 15) is 0 Å². The first-order chi connectivity index (χ1) is 10.2. The molecule has 1 N–H and O–H groups in total. The Morgan fingerprint density at radius 2 is 2.24 bits per heavy atom. The van der Waals surface area contributed by atoms with Crippen LogP contribution in [-0.2, 0) is 26.3 Å². The molecule has 0 saturated carbocycles. The van der Waals surface area contributed by atoms with E-state index in [0.717, 1.165) is 37.1 Å². The number of hydrogen-bond donors (Lipinski definition) is 1. The van der Waals surface area contributed by atoms with Crippen molar-refractivity contribution < 1.29 is 4.74 Å². The van der Waals surface area contributed by atoms with Crippen molar-refractivity contribution in [3.8, 4) is 5.75 Å². The van der Waals surface area contributed by atoms with Gasteiger partial charge >= 0.3 is 0 Å². The molecular formula is C17H23N3O. The number of benzene rings is 1. The maximum Gasteiger partial charge on any atom is 0.119 e. The predicted octanol–water partition coefficient (Wildman–Crippen LogP) is 2.96. The number of anilines is 1. The topological polar surface area (TPSA) is 39.1 Å². The van der Waals surface area contributed by atoms with Crippen molar-refractivity contribution in [1.82, 2.24) is 9.78 Å². The van der Waals surface area contributed by atoms with Crippen molar-refractivity contribution in [2.24, 2.45) is 7.05 Å². The first kappa shape index (κ1) is 14.0. The van der Waals surface area contributed by atoms with Crippen molar-refractivity contribution in [3.63, 3.8) is 0 Å². The third-order valence-corrected chi connectivity index (χ3v) is 4.24. The first-order valence-corrected chi connectivity index (χ1v) is 7.64. The molecule has 4 nitrogen and oxygen atoms in total. The summed E-state index contributed by atoms with van der Waals surface area (Å²) in [4.78, 5) is 0. The Balaban J connectivity index is 1.76. The number of aromatic nitrogens is 2. The Labute approximate surface area is 126 Å². The monoisotopic (exact) mass is 285 g/mol. The molecule has 1 aromatic carbocycles. The van der Waals surface area contributed by atoms with Crippen LogP contribution in [-0.4, -0.2) is 22.9 Å². The van der Waals surface area contributed by atoms with Gasteiger partial charge in [-0.1, -0.05) is 13.0 Å². The van der Waals surface area contributed by atoms with Crippen LogP contribution in [0.2, 0.25) is 0 Å². The smallest absolute Gasteiger partial charge is 0.119 e. The summed E-state index contributed by atoms with van der Waals surface area (Å²) in [6.07, 6.45) is 6.38. The van der Waals surface area contributed by atoms with E-state index in [4.69, 9.17) is 4.74 Å². The summed E-state index contributed by atoms with van der Waals surface area (Å²) < 4.78 is 7.23. The largest absolute Gasteiger partial charge is 0.497 e. The molecule has 4 heteroatoms. The summed E-state index contributed by atoms with van der Waals surface area (Å²) in [6, 6.07) is 6.90. The predicted molar refractivity (Wildman–Crippen MR) is 85.0 cm³/mol. The molecule has 0 bridgehead atoms. The quantitative estimate of drug-likeness (QED) is 0.938. The van der Waals surface area contributed by atoms with E-state index in [-0.39, 0.29) is 0 Å².